The van der Waals surface area contributed by atoms with Gasteiger partial charge in [0.25, 0.3) is 0 Å². The quantitative estimate of drug-likeness (QED) is 0.833. The van der Waals surface area contributed by atoms with Crippen molar-refractivity contribution >= 4 is 5.82 Å². The van der Waals surface area contributed by atoms with Gasteiger partial charge in [-0.1, -0.05) is 12.1 Å². The van der Waals surface area contributed by atoms with Crippen LogP contribution in [0.25, 0.3) is 11.3 Å². The smallest absolute Gasteiger partial charge is 0.148 e. The highest BCUT2D eigenvalue weighted by Gasteiger charge is 2.04. The Morgan fingerprint density at radius 3 is 2.81 bits per heavy atom. The molecule has 0 aliphatic heterocycles. The Kier molecular flexibility index (Phi) is 2.90. The summed E-state index contributed by atoms with van der Waals surface area (Å²) in [5.74, 6) is 0.528. The Labute approximate surface area is 93.7 Å². The van der Waals surface area contributed by atoms with Crippen LogP contribution in [0.2, 0.25) is 0 Å². The lowest BCUT2D eigenvalue weighted by Gasteiger charge is -2.04. The molecule has 2 N–H and O–H groups in total. The van der Waals surface area contributed by atoms with Crippen LogP contribution in [0, 0.1) is 5.82 Å². The first-order chi connectivity index (χ1) is 7.65. The third-order valence-corrected chi connectivity index (χ3v) is 2.15. The molecule has 0 aliphatic rings. The van der Waals surface area contributed by atoms with E-state index in [2.05, 4.69) is 15.5 Å². The second-order valence-corrected chi connectivity index (χ2v) is 3.98. The van der Waals surface area contributed by atoms with Crippen LogP contribution in [0.5, 0.6) is 0 Å². The molecular formula is C12H14FN3. The minimum atomic E-state index is -0.245. The predicted molar refractivity (Wildman–Crippen MR) is 62.7 cm³/mol. The molecular weight excluding hydrogens is 205 g/mol. The molecule has 1 aromatic carbocycles. The summed E-state index contributed by atoms with van der Waals surface area (Å²) in [5.41, 5.74) is 1.60. The minimum Gasteiger partial charge on any atom is -0.366 e. The maximum Gasteiger partial charge on any atom is 0.148 e. The first-order valence-corrected chi connectivity index (χ1v) is 5.23. The Balaban J connectivity index is 2.24. The summed E-state index contributed by atoms with van der Waals surface area (Å²) in [6, 6.07) is 8.62. The fourth-order valence-corrected chi connectivity index (χ4v) is 1.50. The number of anilines is 1. The zero-order valence-electron chi connectivity index (χ0n) is 9.29. The number of aromatic amines is 1. The van der Waals surface area contributed by atoms with Crippen molar-refractivity contribution < 1.29 is 4.39 Å². The highest BCUT2D eigenvalue weighted by Crippen LogP contribution is 2.20. The van der Waals surface area contributed by atoms with E-state index in [1.807, 2.05) is 26.0 Å². The Morgan fingerprint density at radius 1 is 1.31 bits per heavy atom. The molecule has 2 aromatic rings. The van der Waals surface area contributed by atoms with Gasteiger partial charge in [0.05, 0.1) is 5.69 Å². The van der Waals surface area contributed by atoms with E-state index in [-0.39, 0.29) is 5.82 Å². The molecule has 0 saturated carbocycles. The van der Waals surface area contributed by atoms with Crippen molar-refractivity contribution in [2.75, 3.05) is 5.32 Å². The average molecular weight is 219 g/mol. The molecule has 4 heteroatoms. The summed E-state index contributed by atoms with van der Waals surface area (Å²) < 4.78 is 13.0. The van der Waals surface area contributed by atoms with E-state index in [0.717, 1.165) is 17.1 Å². The zero-order valence-corrected chi connectivity index (χ0v) is 9.29. The molecule has 0 bridgehead atoms. The molecule has 1 heterocycles. The van der Waals surface area contributed by atoms with E-state index in [4.69, 9.17) is 0 Å². The van der Waals surface area contributed by atoms with Crippen molar-refractivity contribution in [2.24, 2.45) is 0 Å². The third kappa shape index (κ3) is 2.39. The van der Waals surface area contributed by atoms with Gasteiger partial charge in [0.2, 0.25) is 0 Å². The second kappa shape index (κ2) is 4.35. The summed E-state index contributed by atoms with van der Waals surface area (Å²) >= 11 is 0. The topological polar surface area (TPSA) is 40.7 Å². The highest BCUT2D eigenvalue weighted by molar-refractivity contribution is 5.62. The number of benzene rings is 1. The number of hydrogen-bond acceptors (Lipinski definition) is 2. The summed E-state index contributed by atoms with van der Waals surface area (Å²) in [6.45, 7) is 4.08. The van der Waals surface area contributed by atoms with Crippen molar-refractivity contribution in [3.8, 4) is 11.3 Å². The summed E-state index contributed by atoms with van der Waals surface area (Å²) in [7, 11) is 0. The SMILES string of the molecule is CC(C)Nc1cc(-c2cccc(F)c2)[nH]n1. The van der Waals surface area contributed by atoms with Crippen LogP contribution in [0.15, 0.2) is 30.3 Å². The van der Waals surface area contributed by atoms with Crippen LogP contribution in [0.1, 0.15) is 13.8 Å². The number of nitrogens with zero attached hydrogens (tertiary/aromatic N) is 1. The lowest BCUT2D eigenvalue weighted by Crippen LogP contribution is -2.09. The number of hydrogen-bond donors (Lipinski definition) is 2. The molecule has 84 valence electrons. The maximum absolute atomic E-state index is 13.0. The van der Waals surface area contributed by atoms with Gasteiger partial charge >= 0.3 is 0 Å². The molecule has 16 heavy (non-hydrogen) atoms. The Bertz CT molecular complexity index is 477. The zero-order chi connectivity index (χ0) is 11.5. The van der Waals surface area contributed by atoms with Gasteiger partial charge in [-0.15, -0.1) is 0 Å². The summed E-state index contributed by atoms with van der Waals surface area (Å²) in [4.78, 5) is 0. The van der Waals surface area contributed by atoms with Gasteiger partial charge in [0.1, 0.15) is 11.6 Å². The van der Waals surface area contributed by atoms with Crippen molar-refractivity contribution in [3.63, 3.8) is 0 Å². The van der Waals surface area contributed by atoms with Crippen LogP contribution < -0.4 is 5.32 Å². The first kappa shape index (κ1) is 10.7. The van der Waals surface area contributed by atoms with E-state index in [9.17, 15) is 4.39 Å². The van der Waals surface area contributed by atoms with Gasteiger partial charge in [-0.25, -0.2) is 4.39 Å². The maximum atomic E-state index is 13.0. The summed E-state index contributed by atoms with van der Waals surface area (Å²) in [6.07, 6.45) is 0. The number of aromatic nitrogens is 2. The average Bonchev–Trinajstić information content (AvgIpc) is 2.65. The monoisotopic (exact) mass is 219 g/mol. The van der Waals surface area contributed by atoms with Gasteiger partial charge in [-0.05, 0) is 26.0 Å². The van der Waals surface area contributed by atoms with E-state index in [0.29, 0.717) is 6.04 Å². The molecule has 0 unspecified atom stereocenters. The van der Waals surface area contributed by atoms with Crippen molar-refractivity contribution in [1.82, 2.24) is 10.2 Å². The van der Waals surface area contributed by atoms with E-state index in [1.54, 1.807) is 6.07 Å². The molecule has 0 spiro atoms. The van der Waals surface area contributed by atoms with E-state index >= 15 is 0 Å². The first-order valence-electron chi connectivity index (χ1n) is 5.23. The standard InChI is InChI=1S/C12H14FN3/c1-8(2)14-12-7-11(15-16-12)9-4-3-5-10(13)6-9/h3-8H,1-2H3,(H2,14,15,16). The Hall–Kier alpha value is -1.84. The molecule has 0 aliphatic carbocycles. The number of rotatable bonds is 3. The van der Waals surface area contributed by atoms with Gasteiger partial charge in [-0.2, -0.15) is 5.10 Å². The Morgan fingerprint density at radius 2 is 2.12 bits per heavy atom. The van der Waals surface area contributed by atoms with Gasteiger partial charge in [0.15, 0.2) is 0 Å². The van der Waals surface area contributed by atoms with Crippen molar-refractivity contribution in [2.45, 2.75) is 19.9 Å². The van der Waals surface area contributed by atoms with Gasteiger partial charge < -0.3 is 5.32 Å². The second-order valence-electron chi connectivity index (χ2n) is 3.98. The van der Waals surface area contributed by atoms with Crippen LogP contribution in [0.4, 0.5) is 10.2 Å². The number of H-pyrrole nitrogens is 1. The normalized spacial score (nSPS) is 10.8. The molecule has 2 rings (SSSR count). The molecule has 3 nitrogen and oxygen atoms in total. The molecule has 0 amide bonds. The van der Waals surface area contributed by atoms with Crippen LogP contribution in [-0.4, -0.2) is 16.2 Å². The molecule has 0 atom stereocenters. The fraction of sp³-hybridized carbons (Fsp3) is 0.250. The summed E-state index contributed by atoms with van der Waals surface area (Å²) in [5, 5.41) is 10.2. The van der Waals surface area contributed by atoms with Crippen LogP contribution in [0.3, 0.4) is 0 Å². The van der Waals surface area contributed by atoms with Gasteiger partial charge in [0, 0.05) is 17.7 Å². The number of nitrogens with one attached hydrogen (secondary N) is 2. The van der Waals surface area contributed by atoms with Gasteiger partial charge in [-0.3, -0.25) is 5.10 Å². The highest BCUT2D eigenvalue weighted by atomic mass is 19.1. The number of halogens is 1. The third-order valence-electron chi connectivity index (χ3n) is 2.15. The van der Waals surface area contributed by atoms with Crippen LogP contribution in [-0.2, 0) is 0 Å². The lowest BCUT2D eigenvalue weighted by atomic mass is 10.1. The molecule has 0 fully saturated rings. The minimum absolute atomic E-state index is 0.245. The largest absolute Gasteiger partial charge is 0.366 e. The van der Waals surface area contributed by atoms with Crippen molar-refractivity contribution in [1.29, 1.82) is 0 Å². The van der Waals surface area contributed by atoms with E-state index < -0.39 is 0 Å². The van der Waals surface area contributed by atoms with Crippen molar-refractivity contribution in [3.05, 3.63) is 36.1 Å². The fourth-order valence-electron chi connectivity index (χ4n) is 1.50. The molecule has 0 saturated heterocycles. The van der Waals surface area contributed by atoms with Crippen LogP contribution >= 0.6 is 0 Å². The molecule has 1 aromatic heterocycles. The predicted octanol–water partition coefficient (Wildman–Crippen LogP) is 3.04. The lowest BCUT2D eigenvalue weighted by molar-refractivity contribution is 0.628. The molecule has 0 radical (unpaired) electrons. The van der Waals surface area contributed by atoms with E-state index in [1.165, 1.54) is 12.1 Å².